The van der Waals surface area contributed by atoms with Crippen molar-refractivity contribution in [3.63, 3.8) is 0 Å². The number of carbonyl (C=O) groups excluding carboxylic acids is 2. The second kappa shape index (κ2) is 5.27. The number of piperidine rings is 1. The normalized spacial score (nSPS) is 19.8. The first-order valence-corrected chi connectivity index (χ1v) is 6.48. The van der Waals surface area contributed by atoms with Gasteiger partial charge < -0.3 is 10.6 Å². The molecule has 0 aromatic carbocycles. The molecule has 1 aromatic rings. The molecule has 0 radical (unpaired) electrons. The average Bonchev–Trinajstić information content (AvgIpc) is 2.73. The lowest BCUT2D eigenvalue weighted by atomic mass is 9.98. The second-order valence-corrected chi connectivity index (χ2v) is 5.18. The fraction of sp³-hybridized carbons (Fsp3) is 0.545. The molecule has 92 valence electrons. The van der Waals surface area contributed by atoms with Gasteiger partial charge in [-0.15, -0.1) is 11.3 Å². The summed E-state index contributed by atoms with van der Waals surface area (Å²) in [6.45, 7) is 2.85. The summed E-state index contributed by atoms with van der Waals surface area (Å²) in [5.41, 5.74) is 0.890. The van der Waals surface area contributed by atoms with Crippen molar-refractivity contribution in [2.24, 2.45) is 5.92 Å². The van der Waals surface area contributed by atoms with E-state index >= 15 is 0 Å². The first kappa shape index (κ1) is 12.0. The maximum atomic E-state index is 11.8. The van der Waals surface area contributed by atoms with Crippen LogP contribution < -0.4 is 10.6 Å². The van der Waals surface area contributed by atoms with Crippen molar-refractivity contribution < 1.29 is 9.59 Å². The molecule has 17 heavy (non-hydrogen) atoms. The summed E-state index contributed by atoms with van der Waals surface area (Å²) in [6, 6.07) is 0. The van der Waals surface area contributed by atoms with Crippen molar-refractivity contribution in [3.05, 3.63) is 16.1 Å². The first-order valence-electron chi connectivity index (χ1n) is 5.60. The zero-order valence-corrected chi connectivity index (χ0v) is 10.5. The van der Waals surface area contributed by atoms with E-state index in [1.54, 1.807) is 11.3 Å². The van der Waals surface area contributed by atoms with E-state index in [0.29, 0.717) is 25.9 Å². The number of hydrogen-bond donors (Lipinski definition) is 2. The minimum absolute atomic E-state index is 0.00402. The van der Waals surface area contributed by atoms with Crippen LogP contribution in [0.1, 0.15) is 23.5 Å². The number of nitrogens with one attached hydrogen (secondary N) is 2. The van der Waals surface area contributed by atoms with Gasteiger partial charge in [0.05, 0.1) is 23.2 Å². The number of amides is 2. The molecule has 2 amide bonds. The van der Waals surface area contributed by atoms with Gasteiger partial charge in [-0.25, -0.2) is 4.98 Å². The molecular formula is C11H15N3O2S. The van der Waals surface area contributed by atoms with Gasteiger partial charge in [0, 0.05) is 18.3 Å². The topological polar surface area (TPSA) is 71.1 Å². The molecule has 0 saturated carbocycles. The minimum Gasteiger partial charge on any atom is -0.355 e. The predicted octanol–water partition coefficient (Wildman–Crippen LogP) is 0.594. The highest BCUT2D eigenvalue weighted by Gasteiger charge is 2.24. The van der Waals surface area contributed by atoms with Crippen molar-refractivity contribution >= 4 is 23.2 Å². The Labute approximate surface area is 104 Å². The highest BCUT2D eigenvalue weighted by molar-refractivity contribution is 7.09. The second-order valence-electron chi connectivity index (χ2n) is 4.12. The molecule has 0 spiro atoms. The maximum absolute atomic E-state index is 11.8. The fourth-order valence-electron chi connectivity index (χ4n) is 1.77. The van der Waals surface area contributed by atoms with E-state index in [2.05, 4.69) is 15.6 Å². The van der Waals surface area contributed by atoms with Crippen LogP contribution in [0.15, 0.2) is 5.38 Å². The van der Waals surface area contributed by atoms with Crippen molar-refractivity contribution in [1.82, 2.24) is 15.6 Å². The molecule has 2 N–H and O–H groups in total. The van der Waals surface area contributed by atoms with Crippen molar-refractivity contribution in [2.75, 3.05) is 6.54 Å². The van der Waals surface area contributed by atoms with Crippen LogP contribution in [0.25, 0.3) is 0 Å². The number of thiazole rings is 1. The van der Waals surface area contributed by atoms with Crippen LogP contribution in [0.3, 0.4) is 0 Å². The Kier molecular flexibility index (Phi) is 3.73. The summed E-state index contributed by atoms with van der Waals surface area (Å²) < 4.78 is 0. The standard InChI is InChI=1S/C11H15N3O2S/c1-7-14-9(6-17-7)5-13-11(16)8-2-3-10(15)12-4-8/h6,8H,2-5H2,1H3,(H,12,15)(H,13,16). The summed E-state index contributed by atoms with van der Waals surface area (Å²) in [5, 5.41) is 8.49. The summed E-state index contributed by atoms with van der Waals surface area (Å²) in [7, 11) is 0. The van der Waals surface area contributed by atoms with Gasteiger partial charge in [0.15, 0.2) is 0 Å². The third-order valence-corrected chi connectivity index (χ3v) is 3.57. The third-order valence-electron chi connectivity index (χ3n) is 2.75. The maximum Gasteiger partial charge on any atom is 0.225 e. The number of aryl methyl sites for hydroxylation is 1. The molecule has 1 aliphatic heterocycles. The van der Waals surface area contributed by atoms with E-state index in [9.17, 15) is 9.59 Å². The van der Waals surface area contributed by atoms with E-state index in [4.69, 9.17) is 0 Å². The van der Waals surface area contributed by atoms with E-state index in [1.165, 1.54) is 0 Å². The van der Waals surface area contributed by atoms with Crippen LogP contribution in [-0.4, -0.2) is 23.3 Å². The van der Waals surface area contributed by atoms with Crippen LogP contribution in [-0.2, 0) is 16.1 Å². The monoisotopic (exact) mass is 253 g/mol. The minimum atomic E-state index is -0.104. The van der Waals surface area contributed by atoms with Crippen LogP contribution in [0.4, 0.5) is 0 Å². The Balaban J connectivity index is 1.79. The zero-order chi connectivity index (χ0) is 12.3. The van der Waals surface area contributed by atoms with Gasteiger partial charge in [0.25, 0.3) is 0 Å². The molecule has 6 heteroatoms. The van der Waals surface area contributed by atoms with Crippen LogP contribution in [0, 0.1) is 12.8 Å². The van der Waals surface area contributed by atoms with E-state index in [1.807, 2.05) is 12.3 Å². The molecule has 0 aliphatic carbocycles. The molecule has 1 fully saturated rings. The molecule has 2 rings (SSSR count). The molecule has 1 atom stereocenters. The van der Waals surface area contributed by atoms with Crippen LogP contribution in [0.5, 0.6) is 0 Å². The molecule has 5 nitrogen and oxygen atoms in total. The number of aromatic nitrogens is 1. The number of hydrogen-bond acceptors (Lipinski definition) is 4. The Hall–Kier alpha value is -1.43. The Bertz CT molecular complexity index is 420. The lowest BCUT2D eigenvalue weighted by Gasteiger charge is -2.21. The smallest absolute Gasteiger partial charge is 0.225 e. The molecule has 1 aliphatic rings. The molecule has 0 bridgehead atoms. The average molecular weight is 253 g/mol. The number of nitrogens with zero attached hydrogens (tertiary/aromatic N) is 1. The van der Waals surface area contributed by atoms with E-state index < -0.39 is 0 Å². The number of rotatable bonds is 3. The Morgan fingerprint density at radius 1 is 1.71 bits per heavy atom. The van der Waals surface area contributed by atoms with Gasteiger partial charge in [-0.2, -0.15) is 0 Å². The number of carbonyl (C=O) groups is 2. The van der Waals surface area contributed by atoms with Crippen LogP contribution >= 0.6 is 11.3 Å². The van der Waals surface area contributed by atoms with Gasteiger partial charge >= 0.3 is 0 Å². The third kappa shape index (κ3) is 3.26. The molecule has 2 heterocycles. The lowest BCUT2D eigenvalue weighted by molar-refractivity contribution is -0.129. The van der Waals surface area contributed by atoms with Gasteiger partial charge in [0.2, 0.25) is 11.8 Å². The fourth-order valence-corrected chi connectivity index (χ4v) is 2.38. The highest BCUT2D eigenvalue weighted by atomic mass is 32.1. The van der Waals surface area contributed by atoms with Gasteiger partial charge in [-0.3, -0.25) is 9.59 Å². The van der Waals surface area contributed by atoms with Crippen molar-refractivity contribution in [1.29, 1.82) is 0 Å². The quantitative estimate of drug-likeness (QED) is 0.828. The SMILES string of the molecule is Cc1nc(CNC(=O)C2CCC(=O)NC2)cs1. The zero-order valence-electron chi connectivity index (χ0n) is 9.66. The molecule has 1 saturated heterocycles. The van der Waals surface area contributed by atoms with Gasteiger partial charge in [-0.1, -0.05) is 0 Å². The van der Waals surface area contributed by atoms with Gasteiger partial charge in [-0.05, 0) is 13.3 Å². The highest BCUT2D eigenvalue weighted by Crippen LogP contribution is 2.12. The van der Waals surface area contributed by atoms with Gasteiger partial charge in [0.1, 0.15) is 0 Å². The summed E-state index contributed by atoms with van der Waals surface area (Å²) in [4.78, 5) is 27.0. The Morgan fingerprint density at radius 3 is 3.12 bits per heavy atom. The lowest BCUT2D eigenvalue weighted by Crippen LogP contribution is -2.42. The summed E-state index contributed by atoms with van der Waals surface area (Å²) >= 11 is 1.57. The van der Waals surface area contributed by atoms with E-state index in [0.717, 1.165) is 10.7 Å². The van der Waals surface area contributed by atoms with Crippen molar-refractivity contribution in [3.8, 4) is 0 Å². The first-order chi connectivity index (χ1) is 8.15. The molecular weight excluding hydrogens is 238 g/mol. The largest absolute Gasteiger partial charge is 0.355 e. The van der Waals surface area contributed by atoms with E-state index in [-0.39, 0.29) is 17.7 Å². The molecule has 1 aromatic heterocycles. The Morgan fingerprint density at radius 2 is 2.53 bits per heavy atom. The predicted molar refractivity (Wildman–Crippen MR) is 64.4 cm³/mol. The van der Waals surface area contributed by atoms with Crippen molar-refractivity contribution in [2.45, 2.75) is 26.3 Å². The molecule has 1 unspecified atom stereocenters. The summed E-state index contributed by atoms with van der Waals surface area (Å²) in [5.74, 6) is -0.0766. The summed E-state index contributed by atoms with van der Waals surface area (Å²) in [6.07, 6.45) is 1.07. The van der Waals surface area contributed by atoms with Crippen LogP contribution in [0.2, 0.25) is 0 Å².